The number of hydrazine groups is 2. The summed E-state index contributed by atoms with van der Waals surface area (Å²) in [5, 5.41) is 24.9. The van der Waals surface area contributed by atoms with E-state index in [9.17, 15) is 10.4 Å². The Bertz CT molecular complexity index is 163. The van der Waals surface area contributed by atoms with Crippen LogP contribution in [-0.4, -0.2) is 71.1 Å². The lowest BCUT2D eigenvalue weighted by atomic mass is 10.3. The predicted octanol–water partition coefficient (Wildman–Crippen LogP) is 0.246. The largest absolute Gasteiger partial charge is 0.297 e. The molecule has 1 aliphatic rings. The van der Waals surface area contributed by atoms with Gasteiger partial charge in [-0.15, -0.1) is 10.3 Å². The molecule has 0 unspecified atom stereocenters. The van der Waals surface area contributed by atoms with Crippen molar-refractivity contribution in [3.8, 4) is 0 Å². The average Bonchev–Trinajstić information content (AvgIpc) is 2.23. The van der Waals surface area contributed by atoms with Gasteiger partial charge in [-0.25, -0.2) is 10.0 Å². The third-order valence-electron chi connectivity index (χ3n) is 2.78. The van der Waals surface area contributed by atoms with Gasteiger partial charge in [0.05, 0.1) is 0 Å². The molecule has 0 spiro atoms. The van der Waals surface area contributed by atoms with Crippen LogP contribution >= 0.6 is 0 Å². The first-order chi connectivity index (χ1) is 7.11. The summed E-state index contributed by atoms with van der Waals surface area (Å²) in [6, 6.07) is 0. The molecule has 1 saturated heterocycles. The van der Waals surface area contributed by atoms with Crippen LogP contribution in [0.3, 0.4) is 0 Å². The van der Waals surface area contributed by atoms with Crippen LogP contribution in [0.15, 0.2) is 0 Å². The Labute approximate surface area is 91.1 Å². The minimum Gasteiger partial charge on any atom is -0.297 e. The van der Waals surface area contributed by atoms with Crippen LogP contribution in [-0.2, 0) is 0 Å². The van der Waals surface area contributed by atoms with Crippen molar-refractivity contribution in [1.82, 2.24) is 20.4 Å². The number of hydrogen-bond donors (Lipinski definition) is 2. The molecule has 1 fully saturated rings. The van der Waals surface area contributed by atoms with Crippen LogP contribution in [0.2, 0.25) is 0 Å². The molecule has 0 aromatic carbocycles. The highest BCUT2D eigenvalue weighted by atomic mass is 16.7. The fourth-order valence-electron chi connectivity index (χ4n) is 1.61. The molecule has 6 nitrogen and oxygen atoms in total. The quantitative estimate of drug-likeness (QED) is 0.608. The molecular formula is C9H22N4O2. The van der Waals surface area contributed by atoms with Gasteiger partial charge in [0.25, 0.3) is 0 Å². The fraction of sp³-hybridized carbons (Fsp3) is 1.00. The van der Waals surface area contributed by atoms with Gasteiger partial charge in [0.2, 0.25) is 0 Å². The van der Waals surface area contributed by atoms with Crippen molar-refractivity contribution in [3.05, 3.63) is 0 Å². The monoisotopic (exact) mass is 218 g/mol. The Morgan fingerprint density at radius 2 is 1.07 bits per heavy atom. The van der Waals surface area contributed by atoms with Crippen LogP contribution in [0.4, 0.5) is 0 Å². The molecule has 0 amide bonds. The summed E-state index contributed by atoms with van der Waals surface area (Å²) in [6.45, 7) is 2.79. The molecule has 0 aromatic heterocycles. The minimum atomic E-state index is 0.453. The number of hydrogen-bond acceptors (Lipinski definition) is 6. The lowest BCUT2D eigenvalue weighted by Crippen LogP contribution is -2.40. The van der Waals surface area contributed by atoms with Crippen LogP contribution in [0.25, 0.3) is 0 Å². The van der Waals surface area contributed by atoms with Crippen molar-refractivity contribution in [1.29, 1.82) is 0 Å². The first kappa shape index (κ1) is 12.8. The molecule has 90 valence electrons. The van der Waals surface area contributed by atoms with Gasteiger partial charge in [0.1, 0.15) is 0 Å². The standard InChI is InChI=1S/C9H22N4O2/c1-10-6-3-4-8-12(14)13(15)9-5-7-11(10)2/h14-15H,3-9H2,1-2H3. The Hall–Kier alpha value is -0.240. The van der Waals surface area contributed by atoms with Crippen LogP contribution in [0.5, 0.6) is 0 Å². The summed E-state index contributed by atoms with van der Waals surface area (Å²) in [5.41, 5.74) is 0. The van der Waals surface area contributed by atoms with Crippen molar-refractivity contribution in [2.75, 3.05) is 40.3 Å². The summed E-state index contributed by atoms with van der Waals surface area (Å²) >= 11 is 0. The lowest BCUT2D eigenvalue weighted by molar-refractivity contribution is -0.367. The molecular weight excluding hydrogens is 196 g/mol. The molecule has 15 heavy (non-hydrogen) atoms. The molecule has 2 N–H and O–H groups in total. The predicted molar refractivity (Wildman–Crippen MR) is 56.1 cm³/mol. The fourth-order valence-corrected chi connectivity index (χ4v) is 1.61. The number of hydroxylamine groups is 2. The maximum Gasteiger partial charge on any atom is 0.0436 e. The van der Waals surface area contributed by atoms with Crippen molar-refractivity contribution >= 4 is 0 Å². The van der Waals surface area contributed by atoms with Crippen molar-refractivity contribution in [3.63, 3.8) is 0 Å². The van der Waals surface area contributed by atoms with Crippen LogP contribution < -0.4 is 0 Å². The van der Waals surface area contributed by atoms with Gasteiger partial charge in [-0.3, -0.25) is 10.4 Å². The van der Waals surface area contributed by atoms with E-state index in [1.165, 1.54) is 0 Å². The van der Waals surface area contributed by atoms with Gasteiger partial charge >= 0.3 is 0 Å². The molecule has 1 heterocycles. The average molecular weight is 218 g/mol. The van der Waals surface area contributed by atoms with E-state index in [4.69, 9.17) is 0 Å². The zero-order chi connectivity index (χ0) is 11.3. The van der Waals surface area contributed by atoms with E-state index in [-0.39, 0.29) is 0 Å². The third-order valence-corrected chi connectivity index (χ3v) is 2.78. The lowest BCUT2D eigenvalue weighted by Gasteiger charge is -2.28. The second kappa shape index (κ2) is 6.37. The molecule has 6 heteroatoms. The summed E-state index contributed by atoms with van der Waals surface area (Å²) in [7, 11) is 4.10. The molecule has 1 aliphatic heterocycles. The Balaban J connectivity index is 2.43. The van der Waals surface area contributed by atoms with E-state index in [0.29, 0.717) is 13.1 Å². The van der Waals surface area contributed by atoms with E-state index >= 15 is 0 Å². The van der Waals surface area contributed by atoms with Crippen LogP contribution in [0, 0.1) is 0 Å². The SMILES string of the molecule is CN1CCCCN(O)N(O)CCCN1C. The third kappa shape index (κ3) is 4.42. The van der Waals surface area contributed by atoms with Crippen molar-refractivity contribution in [2.24, 2.45) is 0 Å². The minimum absolute atomic E-state index is 0.453. The first-order valence-electron chi connectivity index (χ1n) is 5.46. The molecule has 0 aliphatic carbocycles. The van der Waals surface area contributed by atoms with Crippen LogP contribution in [0.1, 0.15) is 19.3 Å². The molecule has 1 rings (SSSR count). The highest BCUT2D eigenvalue weighted by Crippen LogP contribution is 2.03. The van der Waals surface area contributed by atoms with Gasteiger partial charge in [-0.05, 0) is 19.3 Å². The normalized spacial score (nSPS) is 26.4. The zero-order valence-electron chi connectivity index (χ0n) is 9.63. The maximum atomic E-state index is 9.42. The zero-order valence-corrected chi connectivity index (χ0v) is 9.63. The van der Waals surface area contributed by atoms with Gasteiger partial charge in [0.15, 0.2) is 0 Å². The summed E-state index contributed by atoms with van der Waals surface area (Å²) in [6.07, 6.45) is 2.69. The Morgan fingerprint density at radius 3 is 1.67 bits per heavy atom. The van der Waals surface area contributed by atoms with Gasteiger partial charge < -0.3 is 0 Å². The first-order valence-corrected chi connectivity index (χ1v) is 5.46. The second-order valence-electron chi connectivity index (χ2n) is 4.01. The Morgan fingerprint density at radius 1 is 0.667 bits per heavy atom. The van der Waals surface area contributed by atoms with Crippen molar-refractivity contribution in [2.45, 2.75) is 19.3 Å². The number of nitrogens with zero attached hydrogens (tertiary/aromatic N) is 4. The van der Waals surface area contributed by atoms with E-state index in [0.717, 1.165) is 42.7 Å². The summed E-state index contributed by atoms with van der Waals surface area (Å²) < 4.78 is 0. The molecule has 0 radical (unpaired) electrons. The summed E-state index contributed by atoms with van der Waals surface area (Å²) in [4.78, 5) is 0. The van der Waals surface area contributed by atoms with Gasteiger partial charge in [0, 0.05) is 40.3 Å². The number of rotatable bonds is 0. The van der Waals surface area contributed by atoms with E-state index in [1.54, 1.807) is 0 Å². The Kier molecular flexibility index (Phi) is 5.44. The second-order valence-corrected chi connectivity index (χ2v) is 4.01. The smallest absolute Gasteiger partial charge is 0.0436 e. The van der Waals surface area contributed by atoms with Gasteiger partial charge in [-0.1, -0.05) is 0 Å². The summed E-state index contributed by atoms with van der Waals surface area (Å²) in [5.74, 6) is 0. The van der Waals surface area contributed by atoms with E-state index in [1.807, 2.05) is 7.05 Å². The molecule has 0 aromatic rings. The maximum absolute atomic E-state index is 9.42. The van der Waals surface area contributed by atoms with Gasteiger partial charge in [-0.2, -0.15) is 0 Å². The highest BCUT2D eigenvalue weighted by Gasteiger charge is 2.13. The molecule has 0 saturated carbocycles. The molecule has 0 atom stereocenters. The highest BCUT2D eigenvalue weighted by molar-refractivity contribution is 4.54. The van der Waals surface area contributed by atoms with E-state index in [2.05, 4.69) is 17.1 Å². The van der Waals surface area contributed by atoms with E-state index < -0.39 is 0 Å². The van der Waals surface area contributed by atoms with Crippen molar-refractivity contribution < 1.29 is 10.4 Å². The molecule has 0 bridgehead atoms. The topological polar surface area (TPSA) is 53.4 Å².